The van der Waals surface area contributed by atoms with Crippen molar-refractivity contribution in [3.8, 4) is 0 Å². The Kier molecular flexibility index (Phi) is 10.4. The third-order valence-electron chi connectivity index (χ3n) is 9.29. The fourth-order valence-corrected chi connectivity index (χ4v) is 8.92. The van der Waals surface area contributed by atoms with Gasteiger partial charge in [0, 0.05) is 48.8 Å². The van der Waals surface area contributed by atoms with Gasteiger partial charge in [0.2, 0.25) is 5.91 Å². The van der Waals surface area contributed by atoms with Gasteiger partial charge in [-0.05, 0) is 75.0 Å². The number of ether oxygens (including phenoxy) is 1. The fraction of sp³-hybridized carbons (Fsp3) is 0.600. The van der Waals surface area contributed by atoms with Crippen LogP contribution in [0.4, 0.5) is 10.1 Å². The molecule has 0 radical (unpaired) electrons. The summed E-state index contributed by atoms with van der Waals surface area (Å²) in [7, 11) is -1.14. The zero-order valence-corrected chi connectivity index (χ0v) is 25.6. The molecular weight excluding hydrogens is 581 g/mol. The van der Waals surface area contributed by atoms with E-state index in [1.807, 2.05) is 28.6 Å². The van der Waals surface area contributed by atoms with Crippen molar-refractivity contribution in [1.82, 2.24) is 14.6 Å². The van der Waals surface area contributed by atoms with Gasteiger partial charge in [0.15, 0.2) is 0 Å². The molecule has 6 N–H and O–H groups in total. The molecule has 1 aromatic heterocycles. The summed E-state index contributed by atoms with van der Waals surface area (Å²) in [4.78, 5) is 17.7. The molecule has 1 unspecified atom stereocenters. The first-order valence-corrected chi connectivity index (χ1v) is 16.9. The Balaban J connectivity index is 1.31. The van der Waals surface area contributed by atoms with Crippen LogP contribution in [0.5, 0.6) is 0 Å². The van der Waals surface area contributed by atoms with Crippen LogP contribution in [0.3, 0.4) is 0 Å². The van der Waals surface area contributed by atoms with Crippen LogP contribution >= 0.6 is 22.4 Å². The van der Waals surface area contributed by atoms with E-state index in [0.29, 0.717) is 42.3 Å². The number of benzene rings is 1. The molecular formula is C30H43ClFN5O4S. The first-order valence-electron chi connectivity index (χ1n) is 14.9. The van der Waals surface area contributed by atoms with Crippen molar-refractivity contribution in [1.29, 1.82) is 0 Å². The number of nitrogens with one attached hydrogen (secondary N) is 2. The van der Waals surface area contributed by atoms with Gasteiger partial charge >= 0.3 is 0 Å². The molecule has 3 aliphatic rings. The van der Waals surface area contributed by atoms with Gasteiger partial charge in [0.1, 0.15) is 5.82 Å². The summed E-state index contributed by atoms with van der Waals surface area (Å²) in [5.74, 6) is -0.634. The van der Waals surface area contributed by atoms with Crippen LogP contribution in [0.2, 0.25) is 5.02 Å². The van der Waals surface area contributed by atoms with E-state index in [0.717, 1.165) is 50.3 Å². The van der Waals surface area contributed by atoms with Crippen molar-refractivity contribution in [3.05, 3.63) is 58.6 Å². The molecule has 3 heterocycles. The van der Waals surface area contributed by atoms with Crippen molar-refractivity contribution < 1.29 is 23.0 Å². The first-order chi connectivity index (χ1) is 20.2. The number of anilines is 1. The number of pyridine rings is 1. The number of carbonyl (C=O) groups excluding carboxylic acids is 1. The topological polar surface area (TPSA) is 133 Å². The van der Waals surface area contributed by atoms with Crippen LogP contribution in [0.25, 0.3) is 0 Å². The predicted molar refractivity (Wildman–Crippen MR) is 165 cm³/mol. The SMILES string of the molecule is COC1CCC([C@H](c2ccc(Cl)cc2)[C@H](N)C(=O)Nc2cncc(F)c2CC[C@H]2CN[C@@H]3CCCS(O)(O)N2C3)CC1. The number of nitrogens with two attached hydrogens (primary N) is 1. The van der Waals surface area contributed by atoms with Gasteiger partial charge in [-0.2, -0.15) is 0 Å². The van der Waals surface area contributed by atoms with E-state index in [4.69, 9.17) is 22.1 Å². The highest BCUT2D eigenvalue weighted by Gasteiger charge is 2.39. The number of fused-ring (bicyclic) bond motifs is 2. The van der Waals surface area contributed by atoms with Crippen LogP contribution < -0.4 is 16.4 Å². The third-order valence-corrected chi connectivity index (χ3v) is 11.6. The van der Waals surface area contributed by atoms with Crippen molar-refractivity contribution in [2.45, 2.75) is 81.5 Å². The smallest absolute Gasteiger partial charge is 0.241 e. The van der Waals surface area contributed by atoms with Crippen molar-refractivity contribution in [2.24, 2.45) is 11.7 Å². The molecule has 2 aromatic rings. The normalized spacial score (nSPS) is 29.6. The second-order valence-corrected chi connectivity index (χ2v) is 14.5. The van der Waals surface area contributed by atoms with E-state index in [-0.39, 0.29) is 35.7 Å². The van der Waals surface area contributed by atoms with Gasteiger partial charge in [0.25, 0.3) is 0 Å². The van der Waals surface area contributed by atoms with Crippen LogP contribution in [-0.4, -0.2) is 74.5 Å². The molecule has 9 nitrogen and oxygen atoms in total. The summed E-state index contributed by atoms with van der Waals surface area (Å²) < 4.78 is 44.1. The van der Waals surface area contributed by atoms with Gasteiger partial charge in [0.05, 0.1) is 36.0 Å². The van der Waals surface area contributed by atoms with Crippen LogP contribution in [0, 0.1) is 11.7 Å². The number of hydrogen-bond acceptors (Lipinski definition) is 8. The van der Waals surface area contributed by atoms with Crippen LogP contribution in [0.15, 0.2) is 36.7 Å². The van der Waals surface area contributed by atoms with Crippen LogP contribution in [-0.2, 0) is 16.0 Å². The summed E-state index contributed by atoms with van der Waals surface area (Å²) >= 11 is 6.16. The van der Waals surface area contributed by atoms with Crippen molar-refractivity contribution in [2.75, 3.05) is 31.3 Å². The lowest BCUT2D eigenvalue weighted by atomic mass is 9.72. The van der Waals surface area contributed by atoms with Gasteiger partial charge in [-0.15, -0.1) is 10.8 Å². The summed E-state index contributed by atoms with van der Waals surface area (Å²) in [5, 5.41) is 7.00. The zero-order chi connectivity index (χ0) is 29.9. The highest BCUT2D eigenvalue weighted by atomic mass is 35.5. The lowest BCUT2D eigenvalue weighted by Crippen LogP contribution is -2.55. The molecule has 3 fully saturated rings. The Morgan fingerprint density at radius 3 is 2.69 bits per heavy atom. The maximum Gasteiger partial charge on any atom is 0.241 e. The fourth-order valence-electron chi connectivity index (χ4n) is 6.93. The monoisotopic (exact) mass is 623 g/mol. The molecule has 232 valence electrons. The number of piperazine rings is 1. The Bertz CT molecular complexity index is 1220. The second kappa shape index (κ2) is 13.9. The van der Waals surface area contributed by atoms with Gasteiger partial charge in [-0.25, -0.2) is 8.70 Å². The number of carbonyl (C=O) groups is 1. The molecule has 5 atom stereocenters. The van der Waals surface area contributed by atoms with Gasteiger partial charge in [-0.1, -0.05) is 23.7 Å². The van der Waals surface area contributed by atoms with Crippen molar-refractivity contribution >= 4 is 34.0 Å². The Labute approximate surface area is 254 Å². The molecule has 2 saturated heterocycles. The Hall–Kier alpha value is -1.83. The average Bonchev–Trinajstić information content (AvgIpc) is 3.10. The van der Waals surface area contributed by atoms with Gasteiger partial charge < -0.3 is 21.1 Å². The Morgan fingerprint density at radius 2 is 1.98 bits per heavy atom. The highest BCUT2D eigenvalue weighted by molar-refractivity contribution is 8.22. The lowest BCUT2D eigenvalue weighted by Gasteiger charge is -2.49. The summed E-state index contributed by atoms with van der Waals surface area (Å²) in [6.07, 6.45) is 8.81. The summed E-state index contributed by atoms with van der Waals surface area (Å²) in [6, 6.07) is 6.65. The number of rotatable bonds is 9. The number of nitrogens with zero attached hydrogens (tertiary/aromatic N) is 2. The van der Waals surface area contributed by atoms with E-state index in [2.05, 4.69) is 15.6 Å². The zero-order valence-electron chi connectivity index (χ0n) is 24.1. The van der Waals surface area contributed by atoms with E-state index in [9.17, 15) is 13.9 Å². The minimum absolute atomic E-state index is 0.167. The third kappa shape index (κ3) is 7.27. The molecule has 1 saturated carbocycles. The molecule has 2 bridgehead atoms. The molecule has 2 aliphatic heterocycles. The minimum Gasteiger partial charge on any atom is -0.381 e. The number of amides is 1. The molecule has 1 aliphatic carbocycles. The maximum atomic E-state index is 15.2. The first kappa shape index (κ1) is 31.6. The summed E-state index contributed by atoms with van der Waals surface area (Å²) in [6.45, 7) is 1.15. The number of aromatic nitrogens is 1. The van der Waals surface area contributed by atoms with E-state index in [1.165, 1.54) is 6.20 Å². The number of methoxy groups -OCH3 is 1. The molecule has 12 heteroatoms. The highest BCUT2D eigenvalue weighted by Crippen LogP contribution is 2.49. The second-order valence-electron chi connectivity index (χ2n) is 11.9. The van der Waals surface area contributed by atoms with Crippen molar-refractivity contribution in [3.63, 3.8) is 0 Å². The maximum absolute atomic E-state index is 15.2. The van der Waals surface area contributed by atoms with Crippen LogP contribution in [0.1, 0.15) is 62.0 Å². The molecule has 1 amide bonds. The molecule has 5 rings (SSSR count). The largest absolute Gasteiger partial charge is 0.381 e. The average molecular weight is 624 g/mol. The van der Waals surface area contributed by atoms with E-state index >= 15 is 4.39 Å². The number of hydrogen-bond donors (Lipinski definition) is 5. The molecule has 0 spiro atoms. The minimum atomic E-state index is -2.87. The quantitative estimate of drug-likeness (QED) is 0.259. The summed E-state index contributed by atoms with van der Waals surface area (Å²) in [5.41, 5.74) is 8.27. The van der Waals surface area contributed by atoms with E-state index in [1.54, 1.807) is 7.11 Å². The lowest BCUT2D eigenvalue weighted by molar-refractivity contribution is -0.118. The number of halogens is 2. The predicted octanol–water partition coefficient (Wildman–Crippen LogP) is 5.16. The van der Waals surface area contributed by atoms with Gasteiger partial charge in [-0.3, -0.25) is 18.9 Å². The molecule has 42 heavy (non-hydrogen) atoms. The van der Waals surface area contributed by atoms with E-state index < -0.39 is 28.5 Å². The standard InChI is InChI=1S/C30H43ClFN5O4S/c1-41-24-11-6-20(7-12-24)28(19-4-8-21(31)9-5-19)29(33)30(38)36-27-17-34-16-26(32)25(27)13-10-23-15-35-22-3-2-14-42(39,40)37(23)18-22/h4-5,8-9,16-17,20,22-24,28-29,35,39-40H,2-3,6-7,10-15,18,33H2,1H3,(H,36,38)/t20?,22-,23+,24?,28+,29+/m1/s1. The molecule has 1 aromatic carbocycles. The Morgan fingerprint density at radius 1 is 1.24 bits per heavy atom.